The Morgan fingerprint density at radius 1 is 0.350 bits per heavy atom. The summed E-state index contributed by atoms with van der Waals surface area (Å²) in [5.74, 6) is 0. The molecule has 0 fully saturated rings. The molecule has 0 N–H and O–H groups in total. The normalized spacial score (nSPS) is 12.1. The van der Waals surface area contributed by atoms with Crippen LogP contribution in [-0.4, -0.2) is 0 Å². The molecule has 0 saturated carbocycles. The maximum absolute atomic E-state index is 2.45. The molecule has 0 saturated heterocycles. The molecule has 0 radical (unpaired) electrons. The first-order valence-electron chi connectivity index (χ1n) is 20.2. The van der Waals surface area contributed by atoms with Gasteiger partial charge in [0, 0.05) is 71.9 Å². The van der Waals surface area contributed by atoms with Crippen molar-refractivity contribution in [3.05, 3.63) is 223 Å². The van der Waals surface area contributed by atoms with Crippen LogP contribution < -0.4 is 4.90 Å². The van der Waals surface area contributed by atoms with Gasteiger partial charge >= 0.3 is 0 Å². The van der Waals surface area contributed by atoms with Crippen molar-refractivity contribution in [2.75, 3.05) is 4.90 Å². The first-order valence-corrected chi connectivity index (χ1v) is 22.7. The van der Waals surface area contributed by atoms with Crippen molar-refractivity contribution in [3.8, 4) is 11.1 Å². The number of rotatable bonds is 7. The van der Waals surface area contributed by atoms with E-state index in [4.69, 9.17) is 0 Å². The number of benzene rings is 9. The zero-order valence-corrected chi connectivity index (χ0v) is 34.8. The van der Waals surface area contributed by atoms with Crippen LogP contribution in [0.2, 0.25) is 0 Å². The molecular formula is C56H35NS3. The fourth-order valence-electron chi connectivity index (χ4n) is 8.83. The summed E-state index contributed by atoms with van der Waals surface area (Å²) < 4.78 is 7.80. The van der Waals surface area contributed by atoms with Crippen molar-refractivity contribution >= 4 is 123 Å². The Kier molecular flexibility index (Phi) is 8.48. The largest absolute Gasteiger partial charge is 0.310 e. The summed E-state index contributed by atoms with van der Waals surface area (Å²) >= 11 is 5.60. The van der Waals surface area contributed by atoms with Crippen LogP contribution in [0.15, 0.2) is 206 Å². The lowest BCUT2D eigenvalue weighted by molar-refractivity contribution is 1.31. The van der Waals surface area contributed by atoms with Gasteiger partial charge in [0.05, 0.1) is 5.69 Å². The third-order valence-electron chi connectivity index (χ3n) is 11.7. The molecule has 1 nitrogen and oxygen atoms in total. The Balaban J connectivity index is 1.05. The van der Waals surface area contributed by atoms with Crippen LogP contribution >= 0.6 is 34.0 Å². The van der Waals surface area contributed by atoms with Crippen LogP contribution in [0.3, 0.4) is 0 Å². The molecule has 9 aromatic carbocycles. The Labute approximate surface area is 360 Å². The van der Waals surface area contributed by atoms with E-state index in [9.17, 15) is 0 Å². The second-order valence-electron chi connectivity index (χ2n) is 15.3. The molecule has 0 unspecified atom stereocenters. The number of anilines is 3. The number of para-hydroxylation sites is 1. The van der Waals surface area contributed by atoms with E-state index in [1.807, 2.05) is 34.0 Å². The van der Waals surface area contributed by atoms with E-state index >= 15 is 0 Å². The van der Waals surface area contributed by atoms with Crippen LogP contribution in [0.4, 0.5) is 17.1 Å². The van der Waals surface area contributed by atoms with Crippen LogP contribution in [-0.2, 0) is 0 Å². The standard InChI is InChI=1S/C56H35NS3/c1-3-12-37(13-4-1)38-23-25-39(26-24-38)46(32-36-22-30-52-47(33-36)44-17-8-10-20-51(44)58-52)40-27-31-53-48(34-40)56-49(18-11-21-54(56)59-53)57(41-14-5-2-6-15-41)42-28-29-45-43-16-7-9-19-50(43)60-55(45)35-42/h1-35H/b46-32+. The SMILES string of the molecule is C(=C(/c1ccc(-c2ccccc2)cc1)c1ccc2sc3cccc(N(c4ccccc4)c4ccc5c(c4)sc4ccccc45)c3c2c1)/c1ccc2sc3ccccc3c2c1. The summed E-state index contributed by atoms with van der Waals surface area (Å²) in [7, 11) is 0. The summed E-state index contributed by atoms with van der Waals surface area (Å²) in [6, 6.07) is 75.8. The summed E-state index contributed by atoms with van der Waals surface area (Å²) in [4.78, 5) is 2.45. The summed E-state index contributed by atoms with van der Waals surface area (Å²) in [6.07, 6.45) is 2.39. The van der Waals surface area contributed by atoms with Crippen molar-refractivity contribution in [1.82, 2.24) is 0 Å². The molecule has 0 spiro atoms. The number of thiophene rings is 3. The van der Waals surface area contributed by atoms with Crippen molar-refractivity contribution in [2.45, 2.75) is 0 Å². The molecule has 0 atom stereocenters. The molecule has 4 heteroatoms. The highest BCUT2D eigenvalue weighted by Crippen LogP contribution is 2.47. The Morgan fingerprint density at radius 2 is 0.933 bits per heavy atom. The molecule has 3 aromatic heterocycles. The fourth-order valence-corrected chi connectivity index (χ4v) is 12.2. The number of hydrogen-bond acceptors (Lipinski definition) is 4. The minimum atomic E-state index is 1.14. The Bertz CT molecular complexity index is 3590. The minimum Gasteiger partial charge on any atom is -0.310 e. The highest BCUT2D eigenvalue weighted by Gasteiger charge is 2.20. The van der Waals surface area contributed by atoms with E-state index in [2.05, 4.69) is 217 Å². The maximum atomic E-state index is 2.45. The molecule has 0 amide bonds. The molecule has 60 heavy (non-hydrogen) atoms. The number of fused-ring (bicyclic) bond motifs is 9. The van der Waals surface area contributed by atoms with Gasteiger partial charge in [0.25, 0.3) is 0 Å². The van der Waals surface area contributed by atoms with Crippen LogP contribution in [0.25, 0.3) is 83.3 Å². The zero-order chi connectivity index (χ0) is 39.6. The molecule has 0 bridgehead atoms. The average Bonchev–Trinajstić information content (AvgIpc) is 4.00. The van der Waals surface area contributed by atoms with Gasteiger partial charge < -0.3 is 4.90 Å². The van der Waals surface area contributed by atoms with Gasteiger partial charge in [-0.05, 0) is 112 Å². The van der Waals surface area contributed by atoms with E-state index in [0.717, 1.165) is 11.4 Å². The summed E-state index contributed by atoms with van der Waals surface area (Å²) in [5.41, 5.74) is 10.7. The van der Waals surface area contributed by atoms with Crippen LogP contribution in [0, 0.1) is 0 Å². The van der Waals surface area contributed by atoms with Gasteiger partial charge in [0.1, 0.15) is 0 Å². The van der Waals surface area contributed by atoms with Crippen LogP contribution in [0.5, 0.6) is 0 Å². The quantitative estimate of drug-likeness (QED) is 0.145. The summed E-state index contributed by atoms with van der Waals surface area (Å²) in [5, 5.41) is 7.77. The van der Waals surface area contributed by atoms with E-state index in [1.54, 1.807) is 0 Å². The minimum absolute atomic E-state index is 1.14. The molecule has 12 aromatic rings. The predicted molar refractivity (Wildman–Crippen MR) is 265 cm³/mol. The number of nitrogens with zero attached hydrogens (tertiary/aromatic N) is 1. The van der Waals surface area contributed by atoms with Gasteiger partial charge in [-0.15, -0.1) is 34.0 Å². The zero-order valence-electron chi connectivity index (χ0n) is 32.4. The first-order chi connectivity index (χ1) is 29.7. The molecule has 3 heterocycles. The van der Waals surface area contributed by atoms with Gasteiger partial charge in [-0.1, -0.05) is 133 Å². The second kappa shape index (κ2) is 14.5. The molecule has 0 aliphatic heterocycles. The van der Waals surface area contributed by atoms with Gasteiger partial charge in [-0.3, -0.25) is 0 Å². The fraction of sp³-hybridized carbons (Fsp3) is 0. The van der Waals surface area contributed by atoms with Gasteiger partial charge in [-0.25, -0.2) is 0 Å². The highest BCUT2D eigenvalue weighted by atomic mass is 32.1. The lowest BCUT2D eigenvalue weighted by Crippen LogP contribution is -2.10. The third-order valence-corrected chi connectivity index (χ3v) is 15.1. The molecular weight excluding hydrogens is 783 g/mol. The summed E-state index contributed by atoms with van der Waals surface area (Å²) in [6.45, 7) is 0. The van der Waals surface area contributed by atoms with Crippen molar-refractivity contribution in [1.29, 1.82) is 0 Å². The molecule has 282 valence electrons. The van der Waals surface area contributed by atoms with Crippen molar-refractivity contribution in [3.63, 3.8) is 0 Å². The third kappa shape index (κ3) is 6.03. The Hall–Kier alpha value is -6.82. The van der Waals surface area contributed by atoms with E-state index in [1.165, 1.54) is 99.6 Å². The topological polar surface area (TPSA) is 3.24 Å². The van der Waals surface area contributed by atoms with E-state index in [0.29, 0.717) is 0 Å². The Morgan fingerprint density at radius 3 is 1.73 bits per heavy atom. The second-order valence-corrected chi connectivity index (χ2v) is 18.5. The lowest BCUT2D eigenvalue weighted by Gasteiger charge is -2.26. The van der Waals surface area contributed by atoms with Gasteiger partial charge in [0.15, 0.2) is 0 Å². The van der Waals surface area contributed by atoms with E-state index < -0.39 is 0 Å². The van der Waals surface area contributed by atoms with E-state index in [-0.39, 0.29) is 0 Å². The predicted octanol–water partition coefficient (Wildman–Crippen LogP) is 17.5. The lowest BCUT2D eigenvalue weighted by atomic mass is 9.92. The smallest absolute Gasteiger partial charge is 0.0554 e. The highest BCUT2D eigenvalue weighted by molar-refractivity contribution is 7.26. The molecule has 0 aliphatic carbocycles. The first kappa shape index (κ1) is 35.2. The van der Waals surface area contributed by atoms with Crippen LogP contribution in [0.1, 0.15) is 16.7 Å². The molecule has 0 aliphatic rings. The van der Waals surface area contributed by atoms with Gasteiger partial charge in [0.2, 0.25) is 0 Å². The van der Waals surface area contributed by atoms with Crippen molar-refractivity contribution in [2.24, 2.45) is 0 Å². The monoisotopic (exact) mass is 817 g/mol. The molecule has 12 rings (SSSR count). The average molecular weight is 818 g/mol. The van der Waals surface area contributed by atoms with Gasteiger partial charge in [-0.2, -0.15) is 0 Å². The number of hydrogen-bond donors (Lipinski definition) is 0. The van der Waals surface area contributed by atoms with Crippen molar-refractivity contribution < 1.29 is 0 Å². The maximum Gasteiger partial charge on any atom is 0.0554 e.